The van der Waals surface area contributed by atoms with E-state index in [1.165, 1.54) is 24.3 Å². The zero-order valence-corrected chi connectivity index (χ0v) is 21.1. The fourth-order valence-corrected chi connectivity index (χ4v) is 4.27. The van der Waals surface area contributed by atoms with Crippen molar-refractivity contribution in [3.8, 4) is 5.75 Å². The minimum Gasteiger partial charge on any atom is -0.404 e. The van der Waals surface area contributed by atoms with Crippen molar-refractivity contribution >= 4 is 36.2 Å². The molecule has 0 fully saturated rings. The standard InChI is InChI=1S/C21H32NO8PS/c1-20(2,3)18(23)8-7-13-28-31(27,29-14-15-32-19(24)21(4,5)6)30-17-11-9-16(10-12-17)22(25)26/h9-12H,7-8,13-15H2,1-6H3. The van der Waals surface area contributed by atoms with Gasteiger partial charge in [-0.05, 0) is 18.6 Å². The molecule has 0 spiro atoms. The number of nitrogens with zero attached hydrogens (tertiary/aromatic N) is 1. The Morgan fingerprint density at radius 2 is 1.56 bits per heavy atom. The first-order valence-electron chi connectivity index (χ1n) is 10.2. The van der Waals surface area contributed by atoms with E-state index in [2.05, 4.69) is 0 Å². The molecule has 0 N–H and O–H groups in total. The van der Waals surface area contributed by atoms with Gasteiger partial charge in [0.1, 0.15) is 11.5 Å². The predicted molar refractivity (Wildman–Crippen MR) is 124 cm³/mol. The highest BCUT2D eigenvalue weighted by atomic mass is 32.2. The third-order valence-corrected chi connectivity index (χ3v) is 6.75. The zero-order chi connectivity index (χ0) is 24.6. The third kappa shape index (κ3) is 10.3. The van der Waals surface area contributed by atoms with Gasteiger partial charge in [0.15, 0.2) is 5.12 Å². The highest BCUT2D eigenvalue weighted by molar-refractivity contribution is 8.13. The molecule has 0 bridgehead atoms. The molecule has 0 radical (unpaired) electrons. The fourth-order valence-electron chi connectivity index (χ4n) is 2.13. The lowest BCUT2D eigenvalue weighted by atomic mass is 9.88. The number of nitro groups is 1. The summed E-state index contributed by atoms with van der Waals surface area (Å²) in [6.45, 7) is 10.7. The SMILES string of the molecule is CC(C)(C)C(=O)CCCOP(=O)(OCCSC(=O)C(C)(C)C)Oc1ccc([N+](=O)[O-])cc1. The van der Waals surface area contributed by atoms with E-state index >= 15 is 0 Å². The zero-order valence-electron chi connectivity index (χ0n) is 19.4. The van der Waals surface area contributed by atoms with Crippen LogP contribution < -0.4 is 4.52 Å². The van der Waals surface area contributed by atoms with Gasteiger partial charge in [-0.3, -0.25) is 28.8 Å². The molecule has 0 saturated carbocycles. The highest BCUT2D eigenvalue weighted by Crippen LogP contribution is 2.50. The molecule has 0 aliphatic rings. The van der Waals surface area contributed by atoms with Crippen LogP contribution in [0.1, 0.15) is 54.4 Å². The smallest absolute Gasteiger partial charge is 0.404 e. The van der Waals surface area contributed by atoms with Gasteiger partial charge in [0.25, 0.3) is 5.69 Å². The molecular weight excluding hydrogens is 457 g/mol. The maximum atomic E-state index is 13.1. The summed E-state index contributed by atoms with van der Waals surface area (Å²) >= 11 is 1.05. The number of rotatable bonds is 12. The molecule has 0 aromatic heterocycles. The number of nitro benzene ring substituents is 1. The van der Waals surface area contributed by atoms with Gasteiger partial charge >= 0.3 is 7.82 Å². The second kappa shape index (κ2) is 11.9. The number of thioether (sulfide) groups is 1. The summed E-state index contributed by atoms with van der Waals surface area (Å²) in [5.74, 6) is 0.364. The molecule has 1 aromatic rings. The normalized spacial score (nSPS) is 13.9. The van der Waals surface area contributed by atoms with Crippen LogP contribution in [0.3, 0.4) is 0 Å². The minimum atomic E-state index is -4.09. The quantitative estimate of drug-likeness (QED) is 0.155. The van der Waals surface area contributed by atoms with E-state index in [0.29, 0.717) is 6.42 Å². The number of carbonyl (C=O) groups excluding carboxylic acids is 2. The summed E-state index contributed by atoms with van der Waals surface area (Å²) in [5.41, 5.74) is -1.14. The number of hydrogen-bond donors (Lipinski definition) is 0. The Balaban J connectivity index is 2.75. The van der Waals surface area contributed by atoms with Gasteiger partial charge in [-0.1, -0.05) is 53.3 Å². The van der Waals surface area contributed by atoms with E-state index in [1.54, 1.807) is 20.8 Å². The lowest BCUT2D eigenvalue weighted by Crippen LogP contribution is -2.20. The van der Waals surface area contributed by atoms with Crippen molar-refractivity contribution < 1.29 is 32.6 Å². The second-order valence-electron chi connectivity index (χ2n) is 9.12. The van der Waals surface area contributed by atoms with Crippen molar-refractivity contribution in [2.45, 2.75) is 54.4 Å². The van der Waals surface area contributed by atoms with E-state index in [0.717, 1.165) is 11.8 Å². The fraction of sp³-hybridized carbons (Fsp3) is 0.619. The van der Waals surface area contributed by atoms with Crippen LogP contribution in [0.25, 0.3) is 0 Å². The highest BCUT2D eigenvalue weighted by Gasteiger charge is 2.30. The van der Waals surface area contributed by atoms with Gasteiger partial charge in [0.05, 0.1) is 18.1 Å². The molecule has 1 atom stereocenters. The number of carbonyl (C=O) groups is 2. The summed E-state index contributed by atoms with van der Waals surface area (Å²) in [4.78, 5) is 34.3. The summed E-state index contributed by atoms with van der Waals surface area (Å²) in [6.07, 6.45) is 0.571. The molecule has 0 aliphatic heterocycles. The molecule has 0 saturated heterocycles. The maximum Gasteiger partial charge on any atom is 0.530 e. The van der Waals surface area contributed by atoms with Crippen molar-refractivity contribution in [2.24, 2.45) is 10.8 Å². The van der Waals surface area contributed by atoms with E-state index in [1.807, 2.05) is 20.8 Å². The first kappa shape index (κ1) is 28.3. The van der Waals surface area contributed by atoms with Crippen molar-refractivity contribution in [3.63, 3.8) is 0 Å². The molecular formula is C21H32NO8PS. The number of non-ortho nitro benzene ring substituents is 1. The minimum absolute atomic E-state index is 0.0335. The largest absolute Gasteiger partial charge is 0.530 e. The summed E-state index contributed by atoms with van der Waals surface area (Å²) < 4.78 is 29.2. The lowest BCUT2D eigenvalue weighted by Gasteiger charge is -2.20. The number of ketones is 1. The van der Waals surface area contributed by atoms with E-state index in [-0.39, 0.29) is 47.7 Å². The second-order valence-corrected chi connectivity index (χ2v) is 11.8. The number of hydrogen-bond acceptors (Lipinski definition) is 9. The summed E-state index contributed by atoms with van der Waals surface area (Å²) in [5, 5.41) is 10.8. The topological polar surface area (TPSA) is 122 Å². The average Bonchev–Trinajstić information content (AvgIpc) is 2.67. The Hall–Kier alpha value is -1.74. The molecule has 1 rings (SSSR count). The molecule has 32 heavy (non-hydrogen) atoms. The molecule has 0 aliphatic carbocycles. The van der Waals surface area contributed by atoms with Gasteiger partial charge in [-0.2, -0.15) is 0 Å². The van der Waals surface area contributed by atoms with Crippen LogP contribution in [-0.4, -0.2) is 34.8 Å². The molecule has 0 amide bonds. The van der Waals surface area contributed by atoms with Gasteiger partial charge in [0, 0.05) is 35.1 Å². The summed E-state index contributed by atoms with van der Waals surface area (Å²) in [7, 11) is -4.09. The van der Waals surface area contributed by atoms with Gasteiger partial charge in [-0.15, -0.1) is 0 Å². The number of phosphoric ester groups is 1. The van der Waals surface area contributed by atoms with E-state index < -0.39 is 23.6 Å². The van der Waals surface area contributed by atoms with Gasteiger partial charge in [-0.25, -0.2) is 4.57 Å². The molecule has 9 nitrogen and oxygen atoms in total. The maximum absolute atomic E-state index is 13.1. The van der Waals surface area contributed by atoms with Crippen molar-refractivity contribution in [2.75, 3.05) is 19.0 Å². The van der Waals surface area contributed by atoms with Gasteiger partial charge in [0.2, 0.25) is 0 Å². The molecule has 180 valence electrons. The Labute approximate surface area is 193 Å². The molecule has 0 heterocycles. The van der Waals surface area contributed by atoms with Crippen LogP contribution in [0.15, 0.2) is 24.3 Å². The number of phosphoric acid groups is 1. The number of Topliss-reactive ketones (excluding diaryl/α,β-unsaturated/α-hetero) is 1. The van der Waals surface area contributed by atoms with Crippen LogP contribution in [0.5, 0.6) is 5.75 Å². The predicted octanol–water partition coefficient (Wildman–Crippen LogP) is 5.82. The Morgan fingerprint density at radius 1 is 1.00 bits per heavy atom. The first-order valence-corrected chi connectivity index (χ1v) is 12.6. The molecule has 1 unspecified atom stereocenters. The monoisotopic (exact) mass is 489 g/mol. The Bertz CT molecular complexity index is 805. The van der Waals surface area contributed by atoms with Gasteiger partial charge < -0.3 is 4.52 Å². The van der Waals surface area contributed by atoms with Crippen LogP contribution in [0.4, 0.5) is 5.69 Å². The molecule has 1 aromatic carbocycles. The number of benzene rings is 1. The van der Waals surface area contributed by atoms with Crippen LogP contribution in [0.2, 0.25) is 0 Å². The summed E-state index contributed by atoms with van der Waals surface area (Å²) in [6, 6.07) is 5.00. The van der Waals surface area contributed by atoms with Crippen LogP contribution in [-0.2, 0) is 23.2 Å². The average molecular weight is 490 g/mol. The van der Waals surface area contributed by atoms with E-state index in [4.69, 9.17) is 13.6 Å². The van der Waals surface area contributed by atoms with E-state index in [9.17, 15) is 24.3 Å². The van der Waals surface area contributed by atoms with Crippen molar-refractivity contribution in [1.29, 1.82) is 0 Å². The van der Waals surface area contributed by atoms with Crippen LogP contribution in [0, 0.1) is 20.9 Å². The lowest BCUT2D eigenvalue weighted by molar-refractivity contribution is -0.384. The third-order valence-electron chi connectivity index (χ3n) is 4.08. The Morgan fingerprint density at radius 3 is 2.06 bits per heavy atom. The van der Waals surface area contributed by atoms with Crippen LogP contribution >= 0.6 is 19.6 Å². The first-order chi connectivity index (χ1) is 14.6. The van der Waals surface area contributed by atoms with Crippen molar-refractivity contribution in [1.82, 2.24) is 0 Å². The van der Waals surface area contributed by atoms with Crippen molar-refractivity contribution in [3.05, 3.63) is 34.4 Å². The Kier molecular flexibility index (Phi) is 10.5. The molecule has 11 heteroatoms.